The molecule has 0 atom stereocenters. The van der Waals surface area contributed by atoms with Crippen LogP contribution >= 0.6 is 0 Å². The second-order valence-corrected chi connectivity index (χ2v) is 6.16. The minimum absolute atomic E-state index is 0.105. The number of carbonyl (C=O) groups is 1. The first-order chi connectivity index (χ1) is 12.4. The highest BCUT2D eigenvalue weighted by molar-refractivity contribution is 6.01. The number of nitrogens with one attached hydrogen (secondary N) is 2. The predicted molar refractivity (Wildman–Crippen MR) is 102 cm³/mol. The molecule has 6 heteroatoms. The minimum Gasteiger partial charge on any atom is -0.508 e. The topological polar surface area (TPSA) is 86.4 Å². The van der Waals surface area contributed by atoms with Crippen molar-refractivity contribution < 1.29 is 19.9 Å². The molecule has 6 nitrogen and oxygen atoms in total. The Hall–Kier alpha value is -2.86. The normalized spacial score (nSPS) is 11.6. The Kier molecular flexibility index (Phi) is 6.74. The Balaban J connectivity index is 2.12. The third kappa shape index (κ3) is 5.07. The summed E-state index contributed by atoms with van der Waals surface area (Å²) in [4.78, 5) is 13.5. The zero-order chi connectivity index (χ0) is 19.1. The average Bonchev–Trinajstić information content (AvgIpc) is 2.65. The van der Waals surface area contributed by atoms with Crippen LogP contribution in [-0.4, -0.2) is 34.9 Å². The van der Waals surface area contributed by atoms with E-state index in [4.69, 9.17) is 0 Å². The molecule has 0 heterocycles. The SMILES string of the molecule is CC[NH+](CC)Cc1cc(/C(C)=N/NC(=O)c2ccc(O)cc2)ccc1O. The van der Waals surface area contributed by atoms with Gasteiger partial charge in [0, 0.05) is 11.1 Å². The maximum atomic E-state index is 12.1. The number of phenolic OH excluding ortho intramolecular Hbond substituents is 2. The minimum atomic E-state index is -0.351. The van der Waals surface area contributed by atoms with Gasteiger partial charge in [0.15, 0.2) is 0 Å². The second kappa shape index (κ2) is 9.01. The van der Waals surface area contributed by atoms with E-state index >= 15 is 0 Å². The van der Waals surface area contributed by atoms with E-state index in [0.717, 1.165) is 30.8 Å². The number of phenols is 2. The molecule has 26 heavy (non-hydrogen) atoms. The van der Waals surface area contributed by atoms with Crippen LogP contribution in [0.2, 0.25) is 0 Å². The predicted octanol–water partition coefficient (Wildman–Crippen LogP) is 1.68. The molecular formula is C20H26N3O3+. The molecular weight excluding hydrogens is 330 g/mol. The summed E-state index contributed by atoms with van der Waals surface area (Å²) in [6.45, 7) is 8.74. The van der Waals surface area contributed by atoms with Crippen molar-refractivity contribution in [3.63, 3.8) is 0 Å². The van der Waals surface area contributed by atoms with Crippen molar-refractivity contribution in [1.29, 1.82) is 0 Å². The molecule has 0 aliphatic rings. The highest BCUT2D eigenvalue weighted by atomic mass is 16.3. The van der Waals surface area contributed by atoms with Gasteiger partial charge < -0.3 is 15.1 Å². The van der Waals surface area contributed by atoms with Gasteiger partial charge in [0.05, 0.1) is 18.8 Å². The van der Waals surface area contributed by atoms with Crippen molar-refractivity contribution in [3.8, 4) is 11.5 Å². The number of rotatable bonds is 7. The molecule has 2 rings (SSSR count). The number of nitrogens with zero attached hydrogens (tertiary/aromatic N) is 1. The summed E-state index contributed by atoms with van der Waals surface area (Å²) < 4.78 is 0. The number of hydrogen-bond donors (Lipinski definition) is 4. The fraction of sp³-hybridized carbons (Fsp3) is 0.300. The van der Waals surface area contributed by atoms with Crippen LogP contribution in [0.5, 0.6) is 11.5 Å². The van der Waals surface area contributed by atoms with Crippen molar-refractivity contribution >= 4 is 11.6 Å². The first kappa shape index (κ1) is 19.5. The van der Waals surface area contributed by atoms with E-state index in [2.05, 4.69) is 24.4 Å². The lowest BCUT2D eigenvalue weighted by atomic mass is 10.1. The Labute approximate surface area is 153 Å². The molecule has 0 spiro atoms. The third-order valence-corrected chi connectivity index (χ3v) is 4.39. The molecule has 138 valence electrons. The van der Waals surface area contributed by atoms with Crippen LogP contribution in [-0.2, 0) is 6.54 Å². The van der Waals surface area contributed by atoms with E-state index in [1.165, 1.54) is 29.2 Å². The summed E-state index contributed by atoms with van der Waals surface area (Å²) in [5, 5.41) is 23.5. The average molecular weight is 356 g/mol. The molecule has 2 aromatic rings. The van der Waals surface area contributed by atoms with E-state index in [1.54, 1.807) is 19.1 Å². The number of quaternary nitrogens is 1. The molecule has 0 aliphatic heterocycles. The van der Waals surface area contributed by atoms with Crippen LogP contribution in [0.25, 0.3) is 0 Å². The number of benzene rings is 2. The number of carbonyl (C=O) groups excluding carboxylic acids is 1. The number of hydrogen-bond acceptors (Lipinski definition) is 4. The van der Waals surface area contributed by atoms with Crippen LogP contribution in [0.4, 0.5) is 0 Å². The Morgan fingerprint density at radius 1 is 1.04 bits per heavy atom. The van der Waals surface area contributed by atoms with Gasteiger partial charge in [-0.2, -0.15) is 5.10 Å². The quantitative estimate of drug-likeness (QED) is 0.450. The summed E-state index contributed by atoms with van der Waals surface area (Å²) in [6.07, 6.45) is 0. The van der Waals surface area contributed by atoms with Gasteiger partial charge in [0.1, 0.15) is 18.0 Å². The van der Waals surface area contributed by atoms with Gasteiger partial charge in [0.25, 0.3) is 5.91 Å². The first-order valence-electron chi connectivity index (χ1n) is 8.74. The molecule has 0 saturated carbocycles. The van der Waals surface area contributed by atoms with E-state index < -0.39 is 0 Å². The highest BCUT2D eigenvalue weighted by Crippen LogP contribution is 2.18. The Morgan fingerprint density at radius 2 is 1.65 bits per heavy atom. The second-order valence-electron chi connectivity index (χ2n) is 6.16. The zero-order valence-corrected chi connectivity index (χ0v) is 15.4. The third-order valence-electron chi connectivity index (χ3n) is 4.39. The molecule has 0 fully saturated rings. The molecule has 0 saturated heterocycles. The van der Waals surface area contributed by atoms with Gasteiger partial charge >= 0.3 is 0 Å². The first-order valence-corrected chi connectivity index (χ1v) is 8.74. The van der Waals surface area contributed by atoms with E-state index in [1.807, 2.05) is 6.07 Å². The molecule has 4 N–H and O–H groups in total. The summed E-state index contributed by atoms with van der Waals surface area (Å²) in [5.74, 6) is 0.0261. The maximum Gasteiger partial charge on any atom is 0.271 e. The maximum absolute atomic E-state index is 12.1. The van der Waals surface area contributed by atoms with E-state index in [0.29, 0.717) is 11.3 Å². The molecule has 0 aliphatic carbocycles. The molecule has 0 bridgehead atoms. The summed E-state index contributed by atoms with van der Waals surface area (Å²) in [6, 6.07) is 11.3. The molecule has 2 aromatic carbocycles. The lowest BCUT2D eigenvalue weighted by molar-refractivity contribution is -0.910. The van der Waals surface area contributed by atoms with Crippen LogP contribution in [0.3, 0.4) is 0 Å². The molecule has 0 unspecified atom stereocenters. The van der Waals surface area contributed by atoms with Gasteiger partial charge in [-0.3, -0.25) is 4.79 Å². The van der Waals surface area contributed by atoms with E-state index in [9.17, 15) is 15.0 Å². The van der Waals surface area contributed by atoms with Crippen LogP contribution in [0.1, 0.15) is 42.3 Å². The van der Waals surface area contributed by atoms with Gasteiger partial charge in [0.2, 0.25) is 0 Å². The van der Waals surface area contributed by atoms with Crippen molar-refractivity contribution in [2.75, 3.05) is 13.1 Å². The number of amides is 1. The smallest absolute Gasteiger partial charge is 0.271 e. The van der Waals surface area contributed by atoms with E-state index in [-0.39, 0.29) is 17.4 Å². The van der Waals surface area contributed by atoms with Crippen molar-refractivity contribution in [1.82, 2.24) is 5.43 Å². The highest BCUT2D eigenvalue weighted by Gasteiger charge is 2.11. The monoisotopic (exact) mass is 356 g/mol. The van der Waals surface area contributed by atoms with Gasteiger partial charge in [-0.1, -0.05) is 0 Å². The fourth-order valence-corrected chi connectivity index (χ4v) is 2.60. The fourth-order valence-electron chi connectivity index (χ4n) is 2.60. The van der Waals surface area contributed by atoms with Crippen molar-refractivity contribution in [2.24, 2.45) is 5.10 Å². The largest absolute Gasteiger partial charge is 0.508 e. The molecule has 1 amide bonds. The zero-order valence-electron chi connectivity index (χ0n) is 15.4. The lowest BCUT2D eigenvalue weighted by Gasteiger charge is -2.16. The van der Waals surface area contributed by atoms with Crippen molar-refractivity contribution in [3.05, 3.63) is 59.2 Å². The van der Waals surface area contributed by atoms with Crippen LogP contribution in [0, 0.1) is 0 Å². The lowest BCUT2D eigenvalue weighted by Crippen LogP contribution is -3.10. The summed E-state index contributed by atoms with van der Waals surface area (Å²) in [5.41, 5.74) is 5.28. The molecule has 0 radical (unpaired) electrons. The van der Waals surface area contributed by atoms with Crippen LogP contribution < -0.4 is 10.3 Å². The number of hydrazone groups is 1. The molecule has 0 aromatic heterocycles. The summed E-state index contributed by atoms with van der Waals surface area (Å²) >= 11 is 0. The van der Waals surface area contributed by atoms with Crippen molar-refractivity contribution in [2.45, 2.75) is 27.3 Å². The standard InChI is InChI=1S/C20H25N3O3/c1-4-23(5-2)13-17-12-16(8-11-19(17)25)14(3)21-22-20(26)15-6-9-18(24)10-7-15/h6-12,24-25H,4-5,13H2,1-3H3,(H,22,26)/p+1/b21-14+. The Bertz CT molecular complexity index is 781. The van der Waals surface area contributed by atoms with Crippen LogP contribution in [0.15, 0.2) is 47.6 Å². The Morgan fingerprint density at radius 3 is 2.27 bits per heavy atom. The number of aromatic hydroxyl groups is 2. The van der Waals surface area contributed by atoms with Gasteiger partial charge in [-0.05, 0) is 68.8 Å². The summed E-state index contributed by atoms with van der Waals surface area (Å²) in [7, 11) is 0. The van der Waals surface area contributed by atoms with Gasteiger partial charge in [-0.25, -0.2) is 5.43 Å². The van der Waals surface area contributed by atoms with Gasteiger partial charge in [-0.15, -0.1) is 0 Å².